The molecule has 3 aliphatic rings. The van der Waals surface area contributed by atoms with E-state index in [1.807, 2.05) is 6.92 Å². The van der Waals surface area contributed by atoms with Crippen LogP contribution in [0.2, 0.25) is 0 Å². The molecule has 0 unspecified atom stereocenters. The van der Waals surface area contributed by atoms with Gasteiger partial charge in [-0.2, -0.15) is 0 Å². The lowest BCUT2D eigenvalue weighted by Crippen LogP contribution is -2.60. The molecule has 2 saturated heterocycles. The Bertz CT molecular complexity index is 754. The van der Waals surface area contributed by atoms with E-state index in [0.717, 1.165) is 44.1 Å². The third kappa shape index (κ3) is 9.25. The molecule has 0 spiro atoms. The van der Waals surface area contributed by atoms with Gasteiger partial charge in [-0.1, -0.05) is 75.4 Å². The predicted molar refractivity (Wildman–Crippen MR) is 141 cm³/mol. The van der Waals surface area contributed by atoms with Crippen LogP contribution in [0.25, 0.3) is 0 Å². The largest absolute Gasteiger partial charge is 0.459 e. The highest BCUT2D eigenvalue weighted by molar-refractivity contribution is 8.14. The van der Waals surface area contributed by atoms with E-state index in [1.54, 1.807) is 6.08 Å². The Morgan fingerprint density at radius 2 is 1.94 bits per heavy atom. The number of ether oxygens (including phenoxy) is 3. The Hall–Kier alpha value is -1.31. The van der Waals surface area contributed by atoms with E-state index in [9.17, 15) is 9.59 Å². The fourth-order valence-corrected chi connectivity index (χ4v) is 6.04. The van der Waals surface area contributed by atoms with Crippen LogP contribution in [0.3, 0.4) is 0 Å². The zero-order chi connectivity index (χ0) is 25.1. The third-order valence-electron chi connectivity index (χ3n) is 7.21. The van der Waals surface area contributed by atoms with Crippen molar-refractivity contribution in [3.63, 3.8) is 0 Å². The standard InChI is InChI=1S/C28H45NO5S/c1-4-5-6-7-8-11-16-32-28(25-20-35-27(31)29-25)19-24-18-23(34-28)15-14-21(2)12-9-10-13-22(3)17-26(30)33-24/h9,12,17,21,23-25H,4-8,10-11,13-16,18-20H2,1-3H3,(H,29,31)/t21-,23-,24-,25+,28-/m1/s1. The molecule has 2 fully saturated rings. The maximum absolute atomic E-state index is 12.7. The van der Waals surface area contributed by atoms with Gasteiger partial charge in [0.05, 0.1) is 18.8 Å². The highest BCUT2D eigenvalue weighted by atomic mass is 32.2. The fourth-order valence-electron chi connectivity index (χ4n) is 5.16. The maximum atomic E-state index is 12.7. The number of carbonyl (C=O) groups is 2. The summed E-state index contributed by atoms with van der Waals surface area (Å²) in [7, 11) is 0. The summed E-state index contributed by atoms with van der Waals surface area (Å²) in [5.41, 5.74) is 1.03. The summed E-state index contributed by atoms with van der Waals surface area (Å²) in [6.45, 7) is 7.02. The molecule has 0 aliphatic carbocycles. The highest BCUT2D eigenvalue weighted by Gasteiger charge is 2.51. The zero-order valence-electron chi connectivity index (χ0n) is 21.9. The molecule has 0 saturated carbocycles. The van der Waals surface area contributed by atoms with Gasteiger partial charge in [0.2, 0.25) is 0 Å². The molecule has 198 valence electrons. The van der Waals surface area contributed by atoms with Crippen molar-refractivity contribution in [2.75, 3.05) is 12.4 Å². The highest BCUT2D eigenvalue weighted by Crippen LogP contribution is 2.40. The summed E-state index contributed by atoms with van der Waals surface area (Å²) in [5, 5.41) is 3.02. The van der Waals surface area contributed by atoms with Crippen LogP contribution in [0, 0.1) is 5.92 Å². The number of carbonyl (C=O) groups excluding carboxylic acids is 2. The van der Waals surface area contributed by atoms with Gasteiger partial charge < -0.3 is 19.5 Å². The van der Waals surface area contributed by atoms with Crippen molar-refractivity contribution < 1.29 is 23.8 Å². The van der Waals surface area contributed by atoms with Gasteiger partial charge >= 0.3 is 5.97 Å². The summed E-state index contributed by atoms with van der Waals surface area (Å²) in [5.74, 6) is -0.210. The first-order valence-electron chi connectivity index (χ1n) is 13.7. The van der Waals surface area contributed by atoms with Crippen LogP contribution < -0.4 is 5.32 Å². The molecule has 35 heavy (non-hydrogen) atoms. The molecule has 1 N–H and O–H groups in total. The molecule has 0 radical (unpaired) electrons. The molecule has 6 nitrogen and oxygen atoms in total. The SMILES string of the molecule is CCCCCCCCO[C@]1([C@@H]2CSC(=O)N2)C[C@H]2C[C@@H](CC[C@H](C)C=CCCC(C)=CC(=O)O2)O1. The van der Waals surface area contributed by atoms with Crippen molar-refractivity contribution in [3.05, 3.63) is 23.8 Å². The van der Waals surface area contributed by atoms with Gasteiger partial charge in [0, 0.05) is 24.7 Å². The monoisotopic (exact) mass is 507 g/mol. The average molecular weight is 508 g/mol. The number of nitrogens with one attached hydrogen (secondary N) is 1. The number of hydrogen-bond acceptors (Lipinski definition) is 6. The van der Waals surface area contributed by atoms with E-state index in [0.29, 0.717) is 31.1 Å². The molecule has 3 heterocycles. The van der Waals surface area contributed by atoms with E-state index >= 15 is 0 Å². The summed E-state index contributed by atoms with van der Waals surface area (Å²) in [6, 6.07) is -0.252. The number of hydrogen-bond donors (Lipinski definition) is 1. The topological polar surface area (TPSA) is 73.9 Å². The van der Waals surface area contributed by atoms with E-state index in [2.05, 4.69) is 31.3 Å². The Balaban J connectivity index is 1.75. The molecule has 3 rings (SSSR count). The summed E-state index contributed by atoms with van der Waals surface area (Å²) in [6.07, 6.45) is 17.5. The first-order chi connectivity index (χ1) is 16.9. The van der Waals surface area contributed by atoms with Gasteiger partial charge in [0.25, 0.3) is 5.24 Å². The molecule has 5 atom stereocenters. The number of unbranched alkanes of at least 4 members (excludes halogenated alkanes) is 5. The molecule has 0 aromatic rings. The number of rotatable bonds is 9. The van der Waals surface area contributed by atoms with Gasteiger partial charge in [-0.05, 0) is 44.9 Å². The molecule has 1 amide bonds. The van der Waals surface area contributed by atoms with Crippen LogP contribution in [-0.2, 0) is 19.0 Å². The van der Waals surface area contributed by atoms with Crippen molar-refractivity contribution >= 4 is 23.0 Å². The minimum atomic E-state index is -0.967. The van der Waals surface area contributed by atoms with Crippen molar-refractivity contribution in [3.8, 4) is 0 Å². The molecular weight excluding hydrogens is 462 g/mol. The first-order valence-corrected chi connectivity index (χ1v) is 14.7. The number of fused-ring (bicyclic) bond motifs is 2. The summed E-state index contributed by atoms with van der Waals surface area (Å²) < 4.78 is 19.2. The van der Waals surface area contributed by atoms with Crippen LogP contribution in [0.1, 0.15) is 97.8 Å². The minimum absolute atomic E-state index is 0.0451. The second-order valence-electron chi connectivity index (χ2n) is 10.5. The third-order valence-corrected chi connectivity index (χ3v) is 8.09. The number of amides is 1. The predicted octanol–water partition coefficient (Wildman–Crippen LogP) is 6.69. The van der Waals surface area contributed by atoms with Gasteiger partial charge in [-0.3, -0.25) is 4.79 Å². The van der Waals surface area contributed by atoms with Crippen LogP contribution in [0.15, 0.2) is 23.8 Å². The number of allylic oxidation sites excluding steroid dienone is 3. The lowest BCUT2D eigenvalue weighted by Gasteiger charge is -2.46. The maximum Gasteiger partial charge on any atom is 0.330 e. The fraction of sp³-hybridized carbons (Fsp3) is 0.786. The molecule has 7 heteroatoms. The zero-order valence-corrected chi connectivity index (χ0v) is 22.7. The molecule has 0 aromatic carbocycles. The lowest BCUT2D eigenvalue weighted by molar-refractivity contribution is -0.306. The second-order valence-corrected chi connectivity index (χ2v) is 11.5. The van der Waals surface area contributed by atoms with Gasteiger partial charge in [0.15, 0.2) is 5.79 Å². The Labute approximate surface area is 216 Å². The molecule has 3 aliphatic heterocycles. The normalized spacial score (nSPS) is 32.5. The number of thioether (sulfide) groups is 1. The first kappa shape index (κ1) is 28.3. The van der Waals surface area contributed by atoms with Crippen LogP contribution in [0.5, 0.6) is 0 Å². The van der Waals surface area contributed by atoms with E-state index < -0.39 is 5.79 Å². The lowest BCUT2D eigenvalue weighted by atomic mass is 9.90. The van der Waals surface area contributed by atoms with Gasteiger partial charge in [0.1, 0.15) is 6.10 Å². The minimum Gasteiger partial charge on any atom is -0.459 e. The molecule has 2 bridgehead atoms. The Kier molecular flexibility index (Phi) is 11.7. The summed E-state index contributed by atoms with van der Waals surface area (Å²) in [4.78, 5) is 24.8. The Morgan fingerprint density at radius 1 is 1.14 bits per heavy atom. The van der Waals surface area contributed by atoms with E-state index in [1.165, 1.54) is 37.4 Å². The quantitative estimate of drug-likeness (QED) is 0.213. The van der Waals surface area contributed by atoms with Crippen LogP contribution >= 0.6 is 11.8 Å². The van der Waals surface area contributed by atoms with E-state index in [4.69, 9.17) is 14.2 Å². The molecule has 0 aromatic heterocycles. The molecular formula is C28H45NO5S. The smallest absolute Gasteiger partial charge is 0.330 e. The van der Waals surface area contributed by atoms with Crippen LogP contribution in [0.4, 0.5) is 4.79 Å². The van der Waals surface area contributed by atoms with Crippen molar-refractivity contribution in [1.29, 1.82) is 0 Å². The van der Waals surface area contributed by atoms with Crippen molar-refractivity contribution in [2.45, 2.75) is 122 Å². The van der Waals surface area contributed by atoms with Crippen LogP contribution in [-0.4, -0.2) is 47.6 Å². The van der Waals surface area contributed by atoms with Gasteiger partial charge in [-0.15, -0.1) is 0 Å². The number of esters is 1. The van der Waals surface area contributed by atoms with Crippen molar-refractivity contribution in [1.82, 2.24) is 5.32 Å². The Morgan fingerprint density at radius 3 is 2.71 bits per heavy atom. The summed E-state index contributed by atoms with van der Waals surface area (Å²) >= 11 is 1.27. The second kappa shape index (κ2) is 14.4. The van der Waals surface area contributed by atoms with E-state index in [-0.39, 0.29) is 29.5 Å². The average Bonchev–Trinajstić information content (AvgIpc) is 3.26. The van der Waals surface area contributed by atoms with Crippen molar-refractivity contribution in [2.24, 2.45) is 5.92 Å². The van der Waals surface area contributed by atoms with Gasteiger partial charge in [-0.25, -0.2) is 4.79 Å².